The smallest absolute Gasteiger partial charge is 0.343 e. The minimum atomic E-state index is -0.455. The molecule has 1 rings (SSSR count). The molecular formula is C6H6NO3. The van der Waals surface area contributed by atoms with Gasteiger partial charge >= 0.3 is 5.97 Å². The molecule has 10 heavy (non-hydrogen) atoms. The Balaban J connectivity index is 2.59. The zero-order valence-corrected chi connectivity index (χ0v) is 5.46. The summed E-state index contributed by atoms with van der Waals surface area (Å²) in [5, 5.41) is 3.22. The molecule has 0 spiro atoms. The van der Waals surface area contributed by atoms with Crippen LogP contribution >= 0.6 is 0 Å². The molecule has 0 fully saturated rings. The lowest BCUT2D eigenvalue weighted by Gasteiger charge is -1.94. The molecule has 1 aromatic heterocycles. The molecule has 1 aromatic rings. The molecular weight excluding hydrogens is 134 g/mol. The lowest BCUT2D eigenvalue weighted by Crippen LogP contribution is -2.02. The average Bonchev–Trinajstić information content (AvgIpc) is 2.38. The van der Waals surface area contributed by atoms with Crippen molar-refractivity contribution in [2.24, 2.45) is 0 Å². The van der Waals surface area contributed by atoms with Crippen molar-refractivity contribution < 1.29 is 14.1 Å². The van der Waals surface area contributed by atoms with E-state index in [-0.39, 0.29) is 5.56 Å². The molecule has 0 aliphatic carbocycles. The highest BCUT2D eigenvalue weighted by Crippen LogP contribution is 1.97. The molecule has 1 radical (unpaired) electrons. The van der Waals surface area contributed by atoms with Crippen LogP contribution in [0, 0.1) is 6.20 Å². The second-order valence-corrected chi connectivity index (χ2v) is 1.56. The fourth-order valence-corrected chi connectivity index (χ4v) is 0.484. The first-order chi connectivity index (χ1) is 4.84. The molecule has 4 nitrogen and oxygen atoms in total. The molecule has 0 unspecified atom stereocenters. The van der Waals surface area contributed by atoms with Crippen molar-refractivity contribution in [3.63, 3.8) is 0 Å². The summed E-state index contributed by atoms with van der Waals surface area (Å²) >= 11 is 0. The van der Waals surface area contributed by atoms with Gasteiger partial charge in [0.05, 0.1) is 6.61 Å². The number of hydrogen-bond donors (Lipinski definition) is 0. The summed E-state index contributed by atoms with van der Waals surface area (Å²) in [7, 11) is 0. The maximum absolute atomic E-state index is 10.8. The number of ether oxygens (including phenoxy) is 1. The number of carbonyl (C=O) groups is 1. The van der Waals surface area contributed by atoms with Gasteiger partial charge in [0.2, 0.25) is 0 Å². The lowest BCUT2D eigenvalue weighted by atomic mass is 10.4. The number of esters is 1. The van der Waals surface area contributed by atoms with Crippen molar-refractivity contribution in [3.8, 4) is 0 Å². The summed E-state index contributed by atoms with van der Waals surface area (Å²) in [6, 6.07) is 0. The molecule has 0 aliphatic rings. The van der Waals surface area contributed by atoms with Crippen LogP contribution < -0.4 is 0 Å². The number of aromatic nitrogens is 1. The summed E-state index contributed by atoms with van der Waals surface area (Å²) in [6.07, 6.45) is 3.52. The Morgan fingerprint density at radius 1 is 2.00 bits per heavy atom. The van der Waals surface area contributed by atoms with Crippen LogP contribution in [0.1, 0.15) is 17.3 Å². The van der Waals surface area contributed by atoms with Gasteiger partial charge in [-0.3, -0.25) is 0 Å². The number of hydrogen-bond acceptors (Lipinski definition) is 4. The van der Waals surface area contributed by atoms with E-state index in [1.54, 1.807) is 6.92 Å². The van der Waals surface area contributed by atoms with E-state index in [0.717, 1.165) is 0 Å². The predicted molar refractivity (Wildman–Crippen MR) is 31.3 cm³/mol. The Morgan fingerprint density at radius 3 is 3.30 bits per heavy atom. The van der Waals surface area contributed by atoms with Gasteiger partial charge in [0.25, 0.3) is 0 Å². The second-order valence-electron chi connectivity index (χ2n) is 1.56. The van der Waals surface area contributed by atoms with Gasteiger partial charge in [-0.1, -0.05) is 5.16 Å². The first-order valence-corrected chi connectivity index (χ1v) is 2.83. The summed E-state index contributed by atoms with van der Waals surface area (Å²) in [5.74, 6) is -0.455. The maximum Gasteiger partial charge on any atom is 0.343 e. The van der Waals surface area contributed by atoms with Crippen molar-refractivity contribution in [2.45, 2.75) is 6.92 Å². The highest BCUT2D eigenvalue weighted by atomic mass is 16.5. The summed E-state index contributed by atoms with van der Waals surface area (Å²) in [5.41, 5.74) is 0.224. The second kappa shape index (κ2) is 3.00. The molecule has 0 amide bonds. The van der Waals surface area contributed by atoms with Crippen LogP contribution in [0.3, 0.4) is 0 Å². The highest BCUT2D eigenvalue weighted by Gasteiger charge is 2.07. The Hall–Kier alpha value is -1.32. The predicted octanol–water partition coefficient (Wildman–Crippen LogP) is 0.651. The Kier molecular flexibility index (Phi) is 2.04. The molecule has 4 heteroatoms. The zero-order chi connectivity index (χ0) is 7.40. The lowest BCUT2D eigenvalue weighted by molar-refractivity contribution is 0.0525. The fraction of sp³-hybridized carbons (Fsp3) is 0.333. The van der Waals surface area contributed by atoms with E-state index in [0.29, 0.717) is 6.61 Å². The standard InChI is InChI=1S/C6H6NO3/c1-2-9-6(8)5-3-7-10-4-5/h4H,2H2,1H3. The fourth-order valence-electron chi connectivity index (χ4n) is 0.484. The molecule has 0 aromatic carbocycles. The van der Waals surface area contributed by atoms with Gasteiger partial charge < -0.3 is 9.26 Å². The number of nitrogens with zero attached hydrogens (tertiary/aromatic N) is 1. The van der Waals surface area contributed by atoms with Crippen LogP contribution in [-0.4, -0.2) is 17.7 Å². The van der Waals surface area contributed by atoms with Crippen LogP contribution in [0.4, 0.5) is 0 Å². The summed E-state index contributed by atoms with van der Waals surface area (Å²) < 4.78 is 8.99. The van der Waals surface area contributed by atoms with E-state index in [4.69, 9.17) is 0 Å². The average molecular weight is 140 g/mol. The van der Waals surface area contributed by atoms with Gasteiger partial charge in [0.15, 0.2) is 6.20 Å². The van der Waals surface area contributed by atoms with Crippen molar-refractivity contribution in [1.82, 2.24) is 5.16 Å². The monoisotopic (exact) mass is 140 g/mol. The van der Waals surface area contributed by atoms with E-state index in [1.165, 1.54) is 6.26 Å². The normalized spacial score (nSPS) is 9.30. The third-order valence-corrected chi connectivity index (χ3v) is 0.885. The molecule has 1 heterocycles. The minimum Gasteiger partial charge on any atom is -0.462 e. The molecule has 53 valence electrons. The Morgan fingerprint density at radius 2 is 2.80 bits per heavy atom. The maximum atomic E-state index is 10.8. The van der Waals surface area contributed by atoms with Gasteiger partial charge in [-0.05, 0) is 6.92 Å². The van der Waals surface area contributed by atoms with Crippen LogP contribution in [0.25, 0.3) is 0 Å². The Bertz CT molecular complexity index is 205. The Labute approximate surface area is 57.8 Å². The molecule has 0 N–H and O–H groups in total. The number of carbonyl (C=O) groups excluding carboxylic acids is 1. The zero-order valence-electron chi connectivity index (χ0n) is 5.46. The molecule has 0 saturated carbocycles. The van der Waals surface area contributed by atoms with Crippen molar-refractivity contribution in [3.05, 3.63) is 18.0 Å². The van der Waals surface area contributed by atoms with Gasteiger partial charge in [-0.15, -0.1) is 0 Å². The summed E-state index contributed by atoms with van der Waals surface area (Å²) in [4.78, 5) is 10.8. The van der Waals surface area contributed by atoms with Gasteiger partial charge in [-0.2, -0.15) is 0 Å². The van der Waals surface area contributed by atoms with Crippen LogP contribution in [-0.2, 0) is 4.74 Å². The number of rotatable bonds is 2. The van der Waals surface area contributed by atoms with E-state index in [9.17, 15) is 4.79 Å². The minimum absolute atomic E-state index is 0.224. The van der Waals surface area contributed by atoms with E-state index in [1.807, 2.05) is 0 Å². The van der Waals surface area contributed by atoms with Crippen LogP contribution in [0.5, 0.6) is 0 Å². The van der Waals surface area contributed by atoms with E-state index in [2.05, 4.69) is 20.6 Å². The molecule has 0 saturated heterocycles. The van der Waals surface area contributed by atoms with Crippen molar-refractivity contribution in [1.29, 1.82) is 0 Å². The van der Waals surface area contributed by atoms with Gasteiger partial charge in [-0.25, -0.2) is 4.79 Å². The summed E-state index contributed by atoms with van der Waals surface area (Å²) in [6.45, 7) is 2.07. The first kappa shape index (κ1) is 6.80. The van der Waals surface area contributed by atoms with Gasteiger partial charge in [0.1, 0.15) is 11.8 Å². The largest absolute Gasteiger partial charge is 0.462 e. The highest BCUT2D eigenvalue weighted by molar-refractivity contribution is 5.88. The van der Waals surface area contributed by atoms with E-state index >= 15 is 0 Å². The van der Waals surface area contributed by atoms with Crippen LogP contribution in [0.2, 0.25) is 0 Å². The van der Waals surface area contributed by atoms with Crippen LogP contribution in [0.15, 0.2) is 10.8 Å². The quantitative estimate of drug-likeness (QED) is 0.566. The first-order valence-electron chi connectivity index (χ1n) is 2.83. The third kappa shape index (κ3) is 1.34. The van der Waals surface area contributed by atoms with Crippen molar-refractivity contribution >= 4 is 5.97 Å². The molecule has 0 aliphatic heterocycles. The SMILES string of the molecule is CCOC(=O)c1[c]noc1. The van der Waals surface area contributed by atoms with Crippen molar-refractivity contribution in [2.75, 3.05) is 6.61 Å². The van der Waals surface area contributed by atoms with E-state index < -0.39 is 5.97 Å². The molecule has 0 atom stereocenters. The third-order valence-electron chi connectivity index (χ3n) is 0.885. The van der Waals surface area contributed by atoms with Gasteiger partial charge in [0, 0.05) is 0 Å². The topological polar surface area (TPSA) is 52.3 Å². The molecule has 0 bridgehead atoms.